The summed E-state index contributed by atoms with van der Waals surface area (Å²) in [5.41, 5.74) is 5.66. The van der Waals surface area contributed by atoms with E-state index in [1.807, 2.05) is 0 Å². The van der Waals surface area contributed by atoms with Crippen molar-refractivity contribution in [1.29, 1.82) is 0 Å². The summed E-state index contributed by atoms with van der Waals surface area (Å²) in [6.45, 7) is 8.05. The van der Waals surface area contributed by atoms with Gasteiger partial charge in [-0.3, -0.25) is 4.90 Å². The van der Waals surface area contributed by atoms with E-state index in [1.165, 1.54) is 25.9 Å². The van der Waals surface area contributed by atoms with Crippen LogP contribution in [0.1, 0.15) is 39.5 Å². The molecule has 1 aliphatic rings. The standard InChI is InChI=1S/C13H27N3S/c1-4-11(9-13(14)17)15(3)10-12-7-6-8-16(12)5-2/h11-12H,4-10H2,1-3H3,(H2,14,17). The summed E-state index contributed by atoms with van der Waals surface area (Å²) in [5, 5.41) is 0. The zero-order chi connectivity index (χ0) is 12.8. The lowest BCUT2D eigenvalue weighted by Gasteiger charge is -2.32. The Labute approximate surface area is 111 Å². The molecule has 2 N–H and O–H groups in total. The fourth-order valence-electron chi connectivity index (χ4n) is 2.84. The Kier molecular flexibility index (Phi) is 6.38. The van der Waals surface area contributed by atoms with Crippen molar-refractivity contribution in [2.75, 3.05) is 26.7 Å². The smallest absolute Gasteiger partial charge is 0.0743 e. The molecule has 1 fully saturated rings. The van der Waals surface area contributed by atoms with Crippen LogP contribution in [0.4, 0.5) is 0 Å². The van der Waals surface area contributed by atoms with E-state index >= 15 is 0 Å². The Hall–Kier alpha value is -0.190. The number of hydrogen-bond acceptors (Lipinski definition) is 3. The van der Waals surface area contributed by atoms with Crippen molar-refractivity contribution in [2.24, 2.45) is 5.73 Å². The molecular formula is C13H27N3S. The van der Waals surface area contributed by atoms with Crippen molar-refractivity contribution in [3.63, 3.8) is 0 Å². The predicted molar refractivity (Wildman–Crippen MR) is 78.4 cm³/mol. The van der Waals surface area contributed by atoms with Gasteiger partial charge in [0.2, 0.25) is 0 Å². The second-order valence-electron chi connectivity index (χ2n) is 5.10. The maximum absolute atomic E-state index is 5.66. The van der Waals surface area contributed by atoms with Gasteiger partial charge in [0, 0.05) is 25.0 Å². The van der Waals surface area contributed by atoms with Gasteiger partial charge in [-0.15, -0.1) is 0 Å². The van der Waals surface area contributed by atoms with Gasteiger partial charge in [0.15, 0.2) is 0 Å². The number of thiocarbonyl (C=S) groups is 1. The maximum atomic E-state index is 5.66. The Morgan fingerprint density at radius 1 is 1.53 bits per heavy atom. The van der Waals surface area contributed by atoms with Gasteiger partial charge in [0.05, 0.1) is 4.99 Å². The number of nitrogens with two attached hydrogens (primary N) is 1. The first-order chi connectivity index (χ1) is 8.08. The first kappa shape index (κ1) is 14.9. The Balaban J connectivity index is 2.45. The summed E-state index contributed by atoms with van der Waals surface area (Å²) in [4.78, 5) is 5.67. The van der Waals surface area contributed by atoms with Crippen LogP contribution in [-0.4, -0.2) is 53.6 Å². The highest BCUT2D eigenvalue weighted by Crippen LogP contribution is 2.19. The summed E-state index contributed by atoms with van der Waals surface area (Å²) in [6, 6.07) is 1.23. The highest BCUT2D eigenvalue weighted by atomic mass is 32.1. The SMILES string of the molecule is CCC(CC(N)=S)N(C)CC1CCCN1CC. The van der Waals surface area contributed by atoms with Gasteiger partial charge in [0.25, 0.3) is 0 Å². The molecule has 100 valence electrons. The molecule has 17 heavy (non-hydrogen) atoms. The number of likely N-dealkylation sites (N-methyl/N-ethyl adjacent to an activating group) is 2. The van der Waals surface area contributed by atoms with Crippen molar-refractivity contribution in [3.05, 3.63) is 0 Å². The molecule has 0 spiro atoms. The highest BCUT2D eigenvalue weighted by Gasteiger charge is 2.26. The summed E-state index contributed by atoms with van der Waals surface area (Å²) in [7, 11) is 2.21. The molecule has 0 aromatic carbocycles. The highest BCUT2D eigenvalue weighted by molar-refractivity contribution is 7.80. The van der Waals surface area contributed by atoms with Gasteiger partial charge in [-0.25, -0.2) is 0 Å². The van der Waals surface area contributed by atoms with Crippen LogP contribution in [0.15, 0.2) is 0 Å². The second-order valence-corrected chi connectivity index (χ2v) is 5.62. The van der Waals surface area contributed by atoms with Crippen LogP contribution in [0.5, 0.6) is 0 Å². The van der Waals surface area contributed by atoms with E-state index in [2.05, 4.69) is 30.7 Å². The first-order valence-electron chi connectivity index (χ1n) is 6.81. The van der Waals surface area contributed by atoms with E-state index in [4.69, 9.17) is 18.0 Å². The van der Waals surface area contributed by atoms with Gasteiger partial charge in [-0.05, 0) is 39.4 Å². The van der Waals surface area contributed by atoms with Crippen LogP contribution in [0.25, 0.3) is 0 Å². The van der Waals surface area contributed by atoms with Crippen molar-refractivity contribution < 1.29 is 0 Å². The van der Waals surface area contributed by atoms with E-state index in [9.17, 15) is 0 Å². The maximum Gasteiger partial charge on any atom is 0.0743 e. The molecule has 1 saturated heterocycles. The quantitative estimate of drug-likeness (QED) is 0.706. The zero-order valence-electron chi connectivity index (χ0n) is 11.5. The second kappa shape index (κ2) is 7.29. The van der Waals surface area contributed by atoms with Crippen LogP contribution < -0.4 is 5.73 Å². The third kappa shape index (κ3) is 4.53. The van der Waals surface area contributed by atoms with Crippen LogP contribution in [0.2, 0.25) is 0 Å². The lowest BCUT2D eigenvalue weighted by molar-refractivity contribution is 0.162. The van der Waals surface area contributed by atoms with Gasteiger partial charge < -0.3 is 10.6 Å². The third-order valence-corrected chi connectivity index (χ3v) is 4.10. The van der Waals surface area contributed by atoms with Crippen molar-refractivity contribution in [3.8, 4) is 0 Å². The fraction of sp³-hybridized carbons (Fsp3) is 0.923. The van der Waals surface area contributed by atoms with Crippen LogP contribution in [-0.2, 0) is 0 Å². The van der Waals surface area contributed by atoms with Gasteiger partial charge in [-0.2, -0.15) is 0 Å². The van der Waals surface area contributed by atoms with Crippen molar-refractivity contribution >= 4 is 17.2 Å². The average Bonchev–Trinajstić information content (AvgIpc) is 2.72. The molecular weight excluding hydrogens is 230 g/mol. The number of hydrogen-bond donors (Lipinski definition) is 1. The van der Waals surface area contributed by atoms with E-state index < -0.39 is 0 Å². The average molecular weight is 257 g/mol. The lowest BCUT2D eigenvalue weighted by atomic mass is 10.1. The minimum Gasteiger partial charge on any atom is -0.393 e. The van der Waals surface area contributed by atoms with Crippen molar-refractivity contribution in [2.45, 2.75) is 51.6 Å². The molecule has 2 unspecified atom stereocenters. The van der Waals surface area contributed by atoms with E-state index in [0.29, 0.717) is 11.0 Å². The fourth-order valence-corrected chi connectivity index (χ4v) is 3.04. The molecule has 1 heterocycles. The predicted octanol–water partition coefficient (Wildman–Crippen LogP) is 1.86. The summed E-state index contributed by atoms with van der Waals surface area (Å²) in [5.74, 6) is 0. The zero-order valence-corrected chi connectivity index (χ0v) is 12.3. The molecule has 4 heteroatoms. The van der Waals surface area contributed by atoms with Crippen molar-refractivity contribution in [1.82, 2.24) is 9.80 Å². The molecule has 0 aromatic rings. The van der Waals surface area contributed by atoms with E-state index in [0.717, 1.165) is 25.4 Å². The van der Waals surface area contributed by atoms with Crippen LogP contribution in [0.3, 0.4) is 0 Å². The summed E-state index contributed by atoms with van der Waals surface area (Å²) >= 11 is 5.03. The first-order valence-corrected chi connectivity index (χ1v) is 7.21. The number of nitrogens with zero attached hydrogens (tertiary/aromatic N) is 2. The number of rotatable bonds is 7. The molecule has 0 aromatic heterocycles. The van der Waals surface area contributed by atoms with Crippen LogP contribution >= 0.6 is 12.2 Å². The molecule has 0 saturated carbocycles. The topological polar surface area (TPSA) is 32.5 Å². The third-order valence-electron chi connectivity index (χ3n) is 3.94. The van der Waals surface area contributed by atoms with E-state index in [-0.39, 0.29) is 0 Å². The monoisotopic (exact) mass is 257 g/mol. The molecule has 1 rings (SSSR count). The molecule has 0 amide bonds. The molecule has 0 aliphatic carbocycles. The molecule has 2 atom stereocenters. The molecule has 1 aliphatic heterocycles. The lowest BCUT2D eigenvalue weighted by Crippen LogP contribution is -2.43. The van der Waals surface area contributed by atoms with Crippen LogP contribution in [0, 0.1) is 0 Å². The normalized spacial score (nSPS) is 23.2. The summed E-state index contributed by atoms with van der Waals surface area (Å²) in [6.07, 6.45) is 4.65. The Morgan fingerprint density at radius 3 is 2.76 bits per heavy atom. The minimum absolute atomic E-state index is 0.506. The Morgan fingerprint density at radius 2 is 2.24 bits per heavy atom. The van der Waals surface area contributed by atoms with Gasteiger partial charge in [0.1, 0.15) is 0 Å². The largest absolute Gasteiger partial charge is 0.393 e. The minimum atomic E-state index is 0.506. The van der Waals surface area contributed by atoms with Gasteiger partial charge in [-0.1, -0.05) is 26.1 Å². The molecule has 0 radical (unpaired) electrons. The van der Waals surface area contributed by atoms with Gasteiger partial charge >= 0.3 is 0 Å². The summed E-state index contributed by atoms with van der Waals surface area (Å²) < 4.78 is 0. The molecule has 0 bridgehead atoms. The Bertz CT molecular complexity index is 245. The number of likely N-dealkylation sites (tertiary alicyclic amines) is 1. The molecule has 3 nitrogen and oxygen atoms in total. The van der Waals surface area contributed by atoms with E-state index in [1.54, 1.807) is 0 Å².